The van der Waals surface area contributed by atoms with Crippen molar-refractivity contribution in [1.29, 1.82) is 0 Å². The summed E-state index contributed by atoms with van der Waals surface area (Å²) in [6, 6.07) is 17.7. The lowest BCUT2D eigenvalue weighted by molar-refractivity contribution is 0.0954. The zero-order chi connectivity index (χ0) is 24.3. The second-order valence-corrected chi connectivity index (χ2v) is 7.43. The second-order valence-electron chi connectivity index (χ2n) is 6.99. The Morgan fingerprint density at radius 1 is 0.971 bits per heavy atom. The normalized spacial score (nSPS) is 10.6. The number of methoxy groups -OCH3 is 2. The lowest BCUT2D eigenvalue weighted by atomic mass is 10.2. The van der Waals surface area contributed by atoms with Crippen molar-refractivity contribution in [3.05, 3.63) is 95.0 Å². The fraction of sp³-hybridized carbons (Fsp3) is 0.154. The molecule has 3 rings (SSSR count). The van der Waals surface area contributed by atoms with E-state index in [0.29, 0.717) is 46.8 Å². The van der Waals surface area contributed by atoms with Crippen molar-refractivity contribution in [2.24, 2.45) is 5.10 Å². The first-order valence-electron chi connectivity index (χ1n) is 10.3. The van der Waals surface area contributed by atoms with E-state index in [1.54, 1.807) is 49.6 Å². The van der Waals surface area contributed by atoms with E-state index in [0.717, 1.165) is 11.1 Å². The van der Waals surface area contributed by atoms with Gasteiger partial charge in [-0.05, 0) is 59.7 Å². The molecule has 34 heavy (non-hydrogen) atoms. The van der Waals surface area contributed by atoms with Gasteiger partial charge in [-0.3, -0.25) is 4.79 Å². The topological polar surface area (TPSA) is 78.4 Å². The van der Waals surface area contributed by atoms with E-state index in [-0.39, 0.29) is 0 Å². The number of benzene rings is 3. The highest BCUT2D eigenvalue weighted by Crippen LogP contribution is 2.29. The van der Waals surface area contributed by atoms with Gasteiger partial charge in [-0.15, -0.1) is 0 Å². The van der Waals surface area contributed by atoms with Crippen molar-refractivity contribution in [2.45, 2.75) is 6.61 Å². The molecule has 0 atom stereocenters. The first-order chi connectivity index (χ1) is 16.5. The number of nitrogens with one attached hydrogen (secondary N) is 1. The van der Waals surface area contributed by atoms with Crippen molar-refractivity contribution in [1.82, 2.24) is 5.43 Å². The van der Waals surface area contributed by atoms with Gasteiger partial charge in [0, 0.05) is 10.6 Å². The van der Waals surface area contributed by atoms with Crippen LogP contribution in [0.3, 0.4) is 0 Å². The summed E-state index contributed by atoms with van der Waals surface area (Å²) in [5, 5.41) is 4.68. The van der Waals surface area contributed by atoms with E-state index in [4.69, 9.17) is 30.5 Å². The number of hydrogen-bond donors (Lipinski definition) is 1. The summed E-state index contributed by atoms with van der Waals surface area (Å²) >= 11 is 6.02. The van der Waals surface area contributed by atoms with Crippen molar-refractivity contribution < 1.29 is 23.7 Å². The first kappa shape index (κ1) is 24.7. The fourth-order valence-corrected chi connectivity index (χ4v) is 3.19. The summed E-state index contributed by atoms with van der Waals surface area (Å²) in [5.41, 5.74) is 4.54. The lowest BCUT2D eigenvalue weighted by Gasteiger charge is -2.11. The van der Waals surface area contributed by atoms with Crippen LogP contribution in [0.4, 0.5) is 0 Å². The summed E-state index contributed by atoms with van der Waals surface area (Å²) in [4.78, 5) is 12.5. The van der Waals surface area contributed by atoms with Crippen LogP contribution in [0.5, 0.6) is 23.0 Å². The van der Waals surface area contributed by atoms with Gasteiger partial charge >= 0.3 is 0 Å². The minimum absolute atomic E-state index is 0.333. The van der Waals surface area contributed by atoms with Crippen molar-refractivity contribution in [2.75, 3.05) is 20.8 Å². The maximum atomic E-state index is 12.5. The van der Waals surface area contributed by atoms with E-state index >= 15 is 0 Å². The molecule has 8 heteroatoms. The maximum absolute atomic E-state index is 12.5. The molecule has 0 saturated carbocycles. The van der Waals surface area contributed by atoms with Crippen LogP contribution in [-0.2, 0) is 6.61 Å². The zero-order valence-electron chi connectivity index (χ0n) is 18.9. The minimum Gasteiger partial charge on any atom is -0.493 e. The number of hydrazone groups is 1. The van der Waals surface area contributed by atoms with Crippen LogP contribution in [0.2, 0.25) is 5.02 Å². The average molecular weight is 481 g/mol. The number of carbonyl (C=O) groups is 1. The number of amides is 1. The molecule has 0 bridgehead atoms. The summed E-state index contributed by atoms with van der Waals surface area (Å²) in [5.74, 6) is 1.69. The Hall–Kier alpha value is -3.97. The molecule has 3 aromatic carbocycles. The molecule has 0 spiro atoms. The first-order valence-corrected chi connectivity index (χ1v) is 10.7. The van der Waals surface area contributed by atoms with Crippen molar-refractivity contribution in [3.63, 3.8) is 0 Å². The molecule has 3 aromatic rings. The molecule has 1 amide bonds. The third kappa shape index (κ3) is 6.76. The van der Waals surface area contributed by atoms with Gasteiger partial charge in [0.15, 0.2) is 23.0 Å². The Labute approximate surface area is 203 Å². The molecule has 7 nitrogen and oxygen atoms in total. The summed E-state index contributed by atoms with van der Waals surface area (Å²) in [7, 11) is 3.06. The standard InChI is InChI=1S/C26H25ClN2O5/c1-4-12-33-22-11-9-20(15-25(22)32-3)26(30)29-28-16-18-8-10-23(24(14-18)31-2)34-17-19-6-5-7-21(27)13-19/h4-11,13-16H,1,12,17H2,2-3H3,(H,29,30)/b28-16+. The van der Waals surface area contributed by atoms with Gasteiger partial charge in [0.2, 0.25) is 0 Å². The number of nitrogens with zero attached hydrogens (tertiary/aromatic N) is 1. The van der Waals surface area contributed by atoms with Gasteiger partial charge in [0.25, 0.3) is 5.91 Å². The Bertz CT molecular complexity index is 1180. The molecular weight excluding hydrogens is 456 g/mol. The van der Waals surface area contributed by atoms with Gasteiger partial charge in [-0.2, -0.15) is 5.10 Å². The molecule has 0 aliphatic rings. The van der Waals surface area contributed by atoms with Crippen molar-refractivity contribution in [3.8, 4) is 23.0 Å². The highest BCUT2D eigenvalue weighted by atomic mass is 35.5. The highest BCUT2D eigenvalue weighted by Gasteiger charge is 2.11. The zero-order valence-corrected chi connectivity index (χ0v) is 19.7. The van der Waals surface area contributed by atoms with Crippen molar-refractivity contribution >= 4 is 23.7 Å². The molecule has 1 N–H and O–H groups in total. The molecule has 0 aliphatic heterocycles. The minimum atomic E-state index is -0.390. The van der Waals surface area contributed by atoms with Crippen LogP contribution in [0.15, 0.2) is 78.4 Å². The summed E-state index contributed by atoms with van der Waals surface area (Å²) in [6.45, 7) is 4.29. The van der Waals surface area contributed by atoms with Crippen LogP contribution < -0.4 is 24.4 Å². The van der Waals surface area contributed by atoms with Crippen LogP contribution in [0, 0.1) is 0 Å². The van der Waals surface area contributed by atoms with E-state index < -0.39 is 5.91 Å². The summed E-state index contributed by atoms with van der Waals surface area (Å²) in [6.07, 6.45) is 3.14. The van der Waals surface area contributed by atoms with Crippen LogP contribution in [0.1, 0.15) is 21.5 Å². The average Bonchev–Trinajstić information content (AvgIpc) is 2.86. The molecule has 0 aliphatic carbocycles. The summed E-state index contributed by atoms with van der Waals surface area (Å²) < 4.78 is 22.1. The smallest absolute Gasteiger partial charge is 0.271 e. The molecule has 176 valence electrons. The monoisotopic (exact) mass is 480 g/mol. The van der Waals surface area contributed by atoms with Crippen LogP contribution in [-0.4, -0.2) is 32.9 Å². The van der Waals surface area contributed by atoms with Gasteiger partial charge in [-0.1, -0.05) is 36.4 Å². The molecule has 0 fully saturated rings. The Kier molecular flexibility index (Phi) is 8.94. The van der Waals surface area contributed by atoms with E-state index in [1.165, 1.54) is 13.3 Å². The number of hydrogen-bond acceptors (Lipinski definition) is 6. The number of carbonyl (C=O) groups excluding carboxylic acids is 1. The highest BCUT2D eigenvalue weighted by molar-refractivity contribution is 6.30. The quantitative estimate of drug-likeness (QED) is 0.230. The predicted molar refractivity (Wildman–Crippen MR) is 133 cm³/mol. The number of halogens is 1. The molecule has 0 radical (unpaired) electrons. The Balaban J connectivity index is 1.62. The lowest BCUT2D eigenvalue weighted by Crippen LogP contribution is -2.17. The number of rotatable bonds is 11. The fourth-order valence-electron chi connectivity index (χ4n) is 2.98. The Morgan fingerprint density at radius 3 is 2.44 bits per heavy atom. The van der Waals surface area contributed by atoms with Gasteiger partial charge in [-0.25, -0.2) is 5.43 Å². The van der Waals surface area contributed by atoms with E-state index in [1.807, 2.05) is 24.3 Å². The second kappa shape index (κ2) is 12.3. The third-order valence-corrected chi connectivity index (χ3v) is 4.87. The van der Waals surface area contributed by atoms with E-state index in [2.05, 4.69) is 17.1 Å². The molecule has 0 heterocycles. The maximum Gasteiger partial charge on any atom is 0.271 e. The van der Waals surface area contributed by atoms with Gasteiger partial charge < -0.3 is 18.9 Å². The predicted octanol–water partition coefficient (Wildman–Crippen LogP) is 5.26. The van der Waals surface area contributed by atoms with Crippen LogP contribution in [0.25, 0.3) is 0 Å². The third-order valence-electron chi connectivity index (χ3n) is 4.63. The molecule has 0 saturated heterocycles. The van der Waals surface area contributed by atoms with Gasteiger partial charge in [0.1, 0.15) is 13.2 Å². The molecule has 0 aromatic heterocycles. The van der Waals surface area contributed by atoms with E-state index in [9.17, 15) is 4.79 Å². The van der Waals surface area contributed by atoms with Gasteiger partial charge in [0.05, 0.1) is 20.4 Å². The van der Waals surface area contributed by atoms with Crippen LogP contribution >= 0.6 is 11.6 Å². The largest absolute Gasteiger partial charge is 0.493 e. The molecular formula is C26H25ClN2O5. The number of ether oxygens (including phenoxy) is 4. The molecule has 0 unspecified atom stereocenters. The Morgan fingerprint density at radius 2 is 1.71 bits per heavy atom. The SMILES string of the molecule is C=CCOc1ccc(C(=O)N/N=C/c2ccc(OCc3cccc(Cl)c3)c(OC)c2)cc1OC.